The van der Waals surface area contributed by atoms with Crippen LogP contribution in [0.5, 0.6) is 11.5 Å². The third-order valence-electron chi connectivity index (χ3n) is 5.99. The van der Waals surface area contributed by atoms with Crippen LogP contribution in [-0.2, 0) is 4.79 Å². The minimum absolute atomic E-state index is 0.0661. The first-order valence-corrected chi connectivity index (χ1v) is 11.3. The molecule has 1 amide bonds. The Labute approximate surface area is 201 Å². The topological polar surface area (TPSA) is 96.7 Å². The Balaban J connectivity index is 1.43. The van der Waals surface area contributed by atoms with Crippen LogP contribution in [0.4, 0.5) is 16.0 Å². The Kier molecular flexibility index (Phi) is 6.05. The third-order valence-corrected chi connectivity index (χ3v) is 5.99. The second-order valence-corrected chi connectivity index (χ2v) is 8.37. The van der Waals surface area contributed by atoms with E-state index in [0.717, 1.165) is 24.9 Å². The average molecular weight is 472 g/mol. The quantitative estimate of drug-likeness (QED) is 0.450. The van der Waals surface area contributed by atoms with Crippen molar-refractivity contribution >= 4 is 29.5 Å². The van der Waals surface area contributed by atoms with Crippen molar-refractivity contribution in [3.8, 4) is 11.5 Å². The highest BCUT2D eigenvalue weighted by atomic mass is 19.1. The minimum atomic E-state index is -0.319. The van der Waals surface area contributed by atoms with E-state index in [1.807, 2.05) is 30.5 Å². The monoisotopic (exact) mass is 471 g/mol. The lowest BCUT2D eigenvalue weighted by atomic mass is 9.99. The summed E-state index contributed by atoms with van der Waals surface area (Å²) < 4.78 is 20.7. The van der Waals surface area contributed by atoms with Crippen LogP contribution < -0.4 is 10.5 Å². The van der Waals surface area contributed by atoms with Gasteiger partial charge in [-0.1, -0.05) is 11.7 Å². The molecular weight excluding hydrogens is 447 g/mol. The highest BCUT2D eigenvalue weighted by molar-refractivity contribution is 6.18. The van der Waals surface area contributed by atoms with E-state index >= 15 is 0 Å². The van der Waals surface area contributed by atoms with E-state index in [1.54, 1.807) is 21.7 Å². The fourth-order valence-electron chi connectivity index (χ4n) is 4.28. The molecule has 0 bridgehead atoms. The zero-order valence-corrected chi connectivity index (χ0v) is 19.0. The summed E-state index contributed by atoms with van der Waals surface area (Å²) in [5, 5.41) is 4.80. The lowest BCUT2D eigenvalue weighted by Gasteiger charge is -2.29. The number of hydrogen-bond donors (Lipinski definition) is 1. The summed E-state index contributed by atoms with van der Waals surface area (Å²) in [5.74, 6) is 1.82. The van der Waals surface area contributed by atoms with E-state index in [-0.39, 0.29) is 17.6 Å². The van der Waals surface area contributed by atoms with Crippen molar-refractivity contribution in [1.29, 1.82) is 0 Å². The predicted molar refractivity (Wildman–Crippen MR) is 130 cm³/mol. The number of nitrogens with two attached hydrogens (primary N) is 1. The summed E-state index contributed by atoms with van der Waals surface area (Å²) in [6.45, 7) is 4.91. The van der Waals surface area contributed by atoms with Crippen LogP contribution in [0, 0.1) is 11.7 Å². The predicted octanol–water partition coefficient (Wildman–Crippen LogP) is 3.90. The largest absolute Gasteiger partial charge is 0.457 e. The summed E-state index contributed by atoms with van der Waals surface area (Å²) >= 11 is 0. The number of nitrogens with zero attached hydrogens (tertiary/aromatic N) is 5. The number of ether oxygens (including phenoxy) is 1. The molecule has 2 aliphatic heterocycles. The number of aromatic nitrogens is 2. The smallest absolute Gasteiger partial charge is 0.363 e. The number of halogens is 1. The van der Waals surface area contributed by atoms with Crippen LogP contribution >= 0.6 is 0 Å². The van der Waals surface area contributed by atoms with Crippen molar-refractivity contribution in [3.05, 3.63) is 84.5 Å². The first kappa shape index (κ1) is 22.4. The molecule has 0 saturated carbocycles. The van der Waals surface area contributed by atoms with Gasteiger partial charge in [-0.15, -0.1) is 4.68 Å². The molecule has 2 N–H and O–H groups in total. The second-order valence-electron chi connectivity index (χ2n) is 8.37. The Morgan fingerprint density at radius 3 is 2.57 bits per heavy atom. The molecule has 1 atom stereocenters. The maximum absolute atomic E-state index is 13.1. The van der Waals surface area contributed by atoms with Crippen molar-refractivity contribution in [2.24, 2.45) is 11.0 Å². The van der Waals surface area contributed by atoms with Gasteiger partial charge in [-0.25, -0.2) is 4.39 Å². The summed E-state index contributed by atoms with van der Waals surface area (Å²) in [6, 6.07) is 13.2. The van der Waals surface area contributed by atoms with Crippen LogP contribution in [0.3, 0.4) is 0 Å². The minimum Gasteiger partial charge on any atom is -0.457 e. The molecular formula is C26H24FN6O2+. The standard InChI is InChI=1S/C26H24FN6O2/c1-2-22(34)32-13-3-4-17(14-32)15-33-26-23(25(28)29-16-30-26)24(31-33)18-5-9-20(10-6-18)35-21-11-7-19(27)8-12-21/h2,5-12,15-17H,1,3-4,13-14H2,(H2,28,29,30)/q+1. The first-order chi connectivity index (χ1) is 17.0. The normalized spacial score (nSPS) is 18.2. The zero-order chi connectivity index (χ0) is 24.4. The molecule has 2 aromatic carbocycles. The van der Waals surface area contributed by atoms with Crippen molar-refractivity contribution in [3.63, 3.8) is 0 Å². The molecule has 1 saturated heterocycles. The molecule has 2 aliphatic rings. The van der Waals surface area contributed by atoms with E-state index < -0.39 is 0 Å². The number of hydrogen-bond acceptors (Lipinski definition) is 6. The summed E-state index contributed by atoms with van der Waals surface area (Å²) in [7, 11) is 0. The molecule has 35 heavy (non-hydrogen) atoms. The molecule has 1 unspecified atom stereocenters. The number of rotatable bonds is 5. The van der Waals surface area contributed by atoms with Gasteiger partial charge < -0.3 is 15.4 Å². The lowest BCUT2D eigenvalue weighted by Crippen LogP contribution is -2.40. The number of nitrogen functional groups attached to an aromatic ring is 1. The molecule has 3 aromatic rings. The number of fused-ring (bicyclic) bond motifs is 1. The van der Waals surface area contributed by atoms with Crippen LogP contribution in [0.15, 0.2) is 72.6 Å². The van der Waals surface area contributed by atoms with E-state index in [0.29, 0.717) is 41.0 Å². The van der Waals surface area contributed by atoms with Gasteiger partial charge in [0.15, 0.2) is 0 Å². The number of likely N-dealkylation sites (tertiary alicyclic amines) is 1. The molecule has 8 nitrogen and oxygen atoms in total. The number of anilines is 1. The van der Waals surface area contributed by atoms with Gasteiger partial charge in [0, 0.05) is 24.6 Å². The maximum Gasteiger partial charge on any atom is 0.363 e. The van der Waals surface area contributed by atoms with E-state index in [1.165, 1.54) is 24.5 Å². The summed E-state index contributed by atoms with van der Waals surface area (Å²) in [6.07, 6.45) is 6.60. The van der Waals surface area contributed by atoms with Crippen LogP contribution in [0.1, 0.15) is 24.0 Å². The van der Waals surface area contributed by atoms with Gasteiger partial charge >= 0.3 is 5.82 Å². The Hall–Kier alpha value is -4.40. The van der Waals surface area contributed by atoms with Crippen molar-refractivity contribution < 1.29 is 18.6 Å². The van der Waals surface area contributed by atoms with Gasteiger partial charge in [0.2, 0.25) is 12.2 Å². The second kappa shape index (κ2) is 9.46. The van der Waals surface area contributed by atoms with Crippen molar-refractivity contribution in [2.45, 2.75) is 12.8 Å². The molecule has 1 fully saturated rings. The molecule has 0 aliphatic carbocycles. The molecule has 0 radical (unpaired) electrons. The van der Waals surface area contributed by atoms with Gasteiger partial charge in [0.05, 0.1) is 0 Å². The number of carbonyl (C=O) groups is 1. The molecule has 5 rings (SSSR count). The molecule has 176 valence electrons. The van der Waals surface area contributed by atoms with Crippen molar-refractivity contribution in [1.82, 2.24) is 14.9 Å². The van der Waals surface area contributed by atoms with Crippen molar-refractivity contribution in [2.75, 3.05) is 18.8 Å². The number of benzene rings is 2. The van der Waals surface area contributed by atoms with Gasteiger partial charge in [0.25, 0.3) is 0 Å². The first-order valence-electron chi connectivity index (χ1n) is 11.3. The number of carbonyl (C=O) groups excluding carboxylic acids is 1. The van der Waals surface area contributed by atoms with Crippen LogP contribution in [0.25, 0.3) is 0 Å². The van der Waals surface area contributed by atoms with Gasteiger partial charge in [0.1, 0.15) is 40.6 Å². The Morgan fingerprint density at radius 2 is 1.86 bits per heavy atom. The molecule has 9 heteroatoms. The van der Waals surface area contributed by atoms with Gasteiger partial charge in [-0.3, -0.25) is 4.79 Å². The highest BCUT2D eigenvalue weighted by Gasteiger charge is 2.34. The number of amides is 1. The Morgan fingerprint density at radius 1 is 1.14 bits per heavy atom. The fraction of sp³-hybridized carbons (Fsp3) is 0.192. The molecule has 1 aromatic heterocycles. The van der Waals surface area contributed by atoms with Crippen LogP contribution in [0.2, 0.25) is 0 Å². The maximum atomic E-state index is 13.1. The highest BCUT2D eigenvalue weighted by Crippen LogP contribution is 2.32. The fourth-order valence-corrected chi connectivity index (χ4v) is 4.28. The number of hydrazone groups is 1. The number of piperidine rings is 1. The molecule has 0 spiro atoms. The lowest BCUT2D eigenvalue weighted by molar-refractivity contribution is -0.442. The average Bonchev–Trinajstić information content (AvgIpc) is 3.25. The molecule has 3 heterocycles. The van der Waals surface area contributed by atoms with E-state index in [9.17, 15) is 9.18 Å². The van der Waals surface area contributed by atoms with E-state index in [2.05, 4.69) is 16.5 Å². The van der Waals surface area contributed by atoms with Crippen LogP contribution in [-0.4, -0.2) is 50.5 Å². The summed E-state index contributed by atoms with van der Waals surface area (Å²) in [4.78, 5) is 22.5. The summed E-state index contributed by atoms with van der Waals surface area (Å²) in [5.41, 5.74) is 8.36. The van der Waals surface area contributed by atoms with E-state index in [4.69, 9.17) is 15.6 Å². The van der Waals surface area contributed by atoms with Gasteiger partial charge in [-0.2, -0.15) is 4.98 Å². The third kappa shape index (κ3) is 4.65. The van der Waals surface area contributed by atoms with Gasteiger partial charge in [-0.05, 0) is 72.4 Å². The zero-order valence-electron chi connectivity index (χ0n) is 19.0. The SMILES string of the molecule is C=CC(=O)N1CCCC(C=[N+]2N=C(c3ccc(Oc4ccc(F)cc4)cc3)c3c(N)ncnc32)C1. The Bertz CT molecular complexity index is 1330.